The summed E-state index contributed by atoms with van der Waals surface area (Å²) in [5, 5.41) is 3.11. The Labute approximate surface area is 166 Å². The van der Waals surface area contributed by atoms with Crippen molar-refractivity contribution in [3.05, 3.63) is 68.4 Å². The van der Waals surface area contributed by atoms with Crippen LogP contribution in [0.1, 0.15) is 48.4 Å². The molecule has 1 aromatic carbocycles. The standard InChI is InChI=1S/C21H20ClFN2O3/c1-28-19-10-17(23)14(9-16(19)22)15(8-12-4-7-20(26)24-12)18-6-5-13(11-2-3-11)21(27)25-18/h5-6,8-12H,2-4,7H2,1H3,(H,24,26)(H,25,27)/t12-/m1/s1. The Hall–Kier alpha value is -2.60. The molecule has 0 spiro atoms. The average Bonchev–Trinajstić information content (AvgIpc) is 3.43. The molecule has 2 fully saturated rings. The molecule has 146 valence electrons. The fourth-order valence-corrected chi connectivity index (χ4v) is 3.78. The molecule has 2 heterocycles. The minimum absolute atomic E-state index is 0.0496. The highest BCUT2D eigenvalue weighted by molar-refractivity contribution is 6.32. The predicted octanol–water partition coefficient (Wildman–Crippen LogP) is 3.76. The summed E-state index contributed by atoms with van der Waals surface area (Å²) in [6.07, 6.45) is 4.83. The lowest BCUT2D eigenvalue weighted by molar-refractivity contribution is -0.119. The first-order valence-corrected chi connectivity index (χ1v) is 9.62. The highest BCUT2D eigenvalue weighted by Gasteiger charge is 2.27. The SMILES string of the molecule is COc1cc(F)c(C(=C[C@H]2CCC(=O)N2)c2ccc(C3CC3)c(=O)[nH]2)cc1Cl. The number of ether oxygens (including phenoxy) is 1. The van der Waals surface area contributed by atoms with Crippen LogP contribution in [0.25, 0.3) is 5.57 Å². The third-order valence-electron chi connectivity index (χ3n) is 5.18. The van der Waals surface area contributed by atoms with Crippen molar-refractivity contribution in [3.63, 3.8) is 0 Å². The number of carbonyl (C=O) groups is 1. The maximum atomic E-state index is 14.9. The van der Waals surface area contributed by atoms with Gasteiger partial charge in [0.15, 0.2) is 0 Å². The van der Waals surface area contributed by atoms with Crippen molar-refractivity contribution >= 4 is 23.1 Å². The summed E-state index contributed by atoms with van der Waals surface area (Å²) in [5.41, 5.74) is 1.79. The maximum absolute atomic E-state index is 14.9. The van der Waals surface area contributed by atoms with Crippen LogP contribution >= 0.6 is 11.6 Å². The average molecular weight is 403 g/mol. The Morgan fingerprint density at radius 1 is 1.25 bits per heavy atom. The van der Waals surface area contributed by atoms with E-state index in [-0.39, 0.29) is 33.8 Å². The van der Waals surface area contributed by atoms with E-state index in [1.54, 1.807) is 18.2 Å². The van der Waals surface area contributed by atoms with Gasteiger partial charge in [0.2, 0.25) is 5.91 Å². The number of benzene rings is 1. The molecule has 0 bridgehead atoms. The van der Waals surface area contributed by atoms with E-state index in [1.165, 1.54) is 19.2 Å². The number of hydrogen-bond donors (Lipinski definition) is 2. The Balaban J connectivity index is 1.82. The molecule has 2 aromatic rings. The first-order chi connectivity index (χ1) is 13.5. The van der Waals surface area contributed by atoms with E-state index < -0.39 is 5.82 Å². The monoisotopic (exact) mass is 402 g/mol. The first-order valence-electron chi connectivity index (χ1n) is 9.24. The third-order valence-corrected chi connectivity index (χ3v) is 5.47. The summed E-state index contributed by atoms with van der Waals surface area (Å²) < 4.78 is 19.9. The number of hydrogen-bond acceptors (Lipinski definition) is 3. The predicted molar refractivity (Wildman–Crippen MR) is 105 cm³/mol. The molecule has 2 aliphatic rings. The molecule has 0 unspecified atom stereocenters. The van der Waals surface area contributed by atoms with Gasteiger partial charge < -0.3 is 15.0 Å². The largest absolute Gasteiger partial charge is 0.495 e. The second-order valence-electron chi connectivity index (χ2n) is 7.19. The van der Waals surface area contributed by atoms with E-state index in [0.29, 0.717) is 30.0 Å². The molecule has 5 nitrogen and oxygen atoms in total. The van der Waals surface area contributed by atoms with Gasteiger partial charge in [0.25, 0.3) is 5.56 Å². The molecular formula is C21H20ClFN2O3. The van der Waals surface area contributed by atoms with Gasteiger partial charge >= 0.3 is 0 Å². The molecule has 1 amide bonds. The number of methoxy groups -OCH3 is 1. The fourth-order valence-electron chi connectivity index (χ4n) is 3.54. The van der Waals surface area contributed by atoms with Crippen molar-refractivity contribution < 1.29 is 13.9 Å². The number of aromatic amines is 1. The fraction of sp³-hybridized carbons (Fsp3) is 0.333. The second kappa shape index (κ2) is 7.43. The molecule has 28 heavy (non-hydrogen) atoms. The van der Waals surface area contributed by atoms with E-state index in [4.69, 9.17) is 16.3 Å². The lowest BCUT2D eigenvalue weighted by Gasteiger charge is -2.15. The van der Waals surface area contributed by atoms with Crippen molar-refractivity contribution in [1.82, 2.24) is 10.3 Å². The zero-order valence-electron chi connectivity index (χ0n) is 15.4. The molecule has 2 N–H and O–H groups in total. The Morgan fingerprint density at radius 2 is 2.04 bits per heavy atom. The van der Waals surface area contributed by atoms with Crippen molar-refractivity contribution in [2.24, 2.45) is 0 Å². The van der Waals surface area contributed by atoms with Gasteiger partial charge in [0.1, 0.15) is 11.6 Å². The van der Waals surface area contributed by atoms with Crippen molar-refractivity contribution in [1.29, 1.82) is 0 Å². The molecular weight excluding hydrogens is 383 g/mol. The highest BCUT2D eigenvalue weighted by atomic mass is 35.5. The molecule has 1 aliphatic heterocycles. The highest BCUT2D eigenvalue weighted by Crippen LogP contribution is 2.39. The van der Waals surface area contributed by atoms with Crippen molar-refractivity contribution in [3.8, 4) is 5.75 Å². The maximum Gasteiger partial charge on any atom is 0.251 e. The Kier molecular flexibility index (Phi) is 4.98. The van der Waals surface area contributed by atoms with Gasteiger partial charge in [0, 0.05) is 40.9 Å². The topological polar surface area (TPSA) is 71.2 Å². The van der Waals surface area contributed by atoms with Crippen LogP contribution in [0.15, 0.2) is 35.1 Å². The van der Waals surface area contributed by atoms with Crippen LogP contribution in [0.4, 0.5) is 4.39 Å². The van der Waals surface area contributed by atoms with Gasteiger partial charge in [-0.15, -0.1) is 0 Å². The van der Waals surface area contributed by atoms with E-state index in [9.17, 15) is 14.0 Å². The normalized spacial score (nSPS) is 19.6. The van der Waals surface area contributed by atoms with Crippen LogP contribution in [0.3, 0.4) is 0 Å². The number of aromatic nitrogens is 1. The van der Waals surface area contributed by atoms with Crippen LogP contribution in [-0.4, -0.2) is 24.0 Å². The van der Waals surface area contributed by atoms with Gasteiger partial charge in [0.05, 0.1) is 12.1 Å². The zero-order valence-corrected chi connectivity index (χ0v) is 16.1. The smallest absolute Gasteiger partial charge is 0.251 e. The van der Waals surface area contributed by atoms with Crippen LogP contribution in [0.2, 0.25) is 5.02 Å². The number of halogens is 2. The summed E-state index contributed by atoms with van der Waals surface area (Å²) in [6, 6.07) is 6.04. The Bertz CT molecular complexity index is 1030. The molecule has 7 heteroatoms. The third kappa shape index (κ3) is 3.69. The lowest BCUT2D eigenvalue weighted by Crippen LogP contribution is -2.24. The summed E-state index contributed by atoms with van der Waals surface area (Å²) in [7, 11) is 1.42. The molecule has 1 aliphatic carbocycles. The van der Waals surface area contributed by atoms with Crippen molar-refractivity contribution in [2.45, 2.75) is 37.6 Å². The van der Waals surface area contributed by atoms with Gasteiger partial charge in [-0.25, -0.2) is 4.39 Å². The second-order valence-corrected chi connectivity index (χ2v) is 7.60. The van der Waals surface area contributed by atoms with Crippen LogP contribution in [0.5, 0.6) is 5.75 Å². The minimum atomic E-state index is -0.524. The molecule has 1 aromatic heterocycles. The van der Waals surface area contributed by atoms with Gasteiger partial charge in [-0.1, -0.05) is 23.7 Å². The van der Waals surface area contributed by atoms with Gasteiger partial charge in [-0.3, -0.25) is 9.59 Å². The van der Waals surface area contributed by atoms with Crippen LogP contribution in [0, 0.1) is 5.82 Å². The summed E-state index contributed by atoms with van der Waals surface area (Å²) in [4.78, 5) is 27.0. The number of amides is 1. The van der Waals surface area contributed by atoms with Crippen LogP contribution < -0.4 is 15.6 Å². The number of H-pyrrole nitrogens is 1. The van der Waals surface area contributed by atoms with Crippen LogP contribution in [-0.2, 0) is 4.79 Å². The molecule has 0 radical (unpaired) electrons. The van der Waals surface area contributed by atoms with Gasteiger partial charge in [-0.2, -0.15) is 0 Å². The van der Waals surface area contributed by atoms with E-state index in [1.807, 2.05) is 0 Å². The van der Waals surface area contributed by atoms with E-state index >= 15 is 0 Å². The summed E-state index contributed by atoms with van der Waals surface area (Å²) >= 11 is 6.22. The zero-order chi connectivity index (χ0) is 19.8. The Morgan fingerprint density at radius 3 is 2.64 bits per heavy atom. The van der Waals surface area contributed by atoms with Crippen molar-refractivity contribution in [2.75, 3.05) is 7.11 Å². The van der Waals surface area contributed by atoms with E-state index in [0.717, 1.165) is 18.4 Å². The quantitative estimate of drug-likeness (QED) is 0.799. The number of pyridine rings is 1. The molecule has 4 rings (SSSR count). The number of nitrogens with one attached hydrogen (secondary N) is 2. The molecule has 1 saturated carbocycles. The summed E-state index contributed by atoms with van der Waals surface area (Å²) in [6.45, 7) is 0. The minimum Gasteiger partial charge on any atom is -0.495 e. The number of rotatable bonds is 5. The number of carbonyl (C=O) groups excluding carboxylic acids is 1. The summed E-state index contributed by atoms with van der Waals surface area (Å²) in [5.74, 6) is -0.0316. The molecule has 1 atom stereocenters. The van der Waals surface area contributed by atoms with E-state index in [2.05, 4.69) is 10.3 Å². The van der Waals surface area contributed by atoms with Gasteiger partial charge in [-0.05, 0) is 37.3 Å². The first kappa shape index (κ1) is 18.7. The lowest BCUT2D eigenvalue weighted by atomic mass is 9.97. The molecule has 1 saturated heterocycles.